The van der Waals surface area contributed by atoms with E-state index in [0.29, 0.717) is 28.8 Å². The van der Waals surface area contributed by atoms with Crippen molar-refractivity contribution < 1.29 is 19.0 Å². The SMILES string of the molecule is CC(=O)N1CCN(c2ccc(OC[C@@H]3COC(Cn4cncn4)(c4ccc(Cl)cc4Cl)O3)cc2)CC1. The Labute approximate surface area is 219 Å². The fraction of sp³-hybridized carbons (Fsp3) is 0.400. The number of aromatic nitrogens is 3. The maximum absolute atomic E-state index is 11.6. The fourth-order valence-corrected chi connectivity index (χ4v) is 5.06. The lowest BCUT2D eigenvalue weighted by atomic mass is 10.1. The van der Waals surface area contributed by atoms with Crippen LogP contribution < -0.4 is 9.64 Å². The molecule has 5 rings (SSSR count). The number of hydrogen-bond acceptors (Lipinski definition) is 7. The van der Waals surface area contributed by atoms with E-state index in [9.17, 15) is 4.79 Å². The molecule has 0 radical (unpaired) electrons. The Morgan fingerprint density at radius 1 is 1.14 bits per heavy atom. The zero-order valence-corrected chi connectivity index (χ0v) is 21.4. The van der Waals surface area contributed by atoms with Gasteiger partial charge < -0.3 is 24.0 Å². The minimum atomic E-state index is -1.14. The van der Waals surface area contributed by atoms with Crippen molar-refractivity contribution in [3.05, 3.63) is 70.7 Å². The van der Waals surface area contributed by atoms with Gasteiger partial charge in [-0.25, -0.2) is 9.67 Å². The monoisotopic (exact) mass is 531 g/mol. The van der Waals surface area contributed by atoms with Crippen LogP contribution >= 0.6 is 23.2 Å². The molecule has 0 N–H and O–H groups in total. The number of benzene rings is 2. The highest BCUT2D eigenvalue weighted by molar-refractivity contribution is 6.35. The number of amides is 1. The quantitative estimate of drug-likeness (QED) is 0.460. The number of anilines is 1. The van der Waals surface area contributed by atoms with E-state index in [1.165, 1.54) is 6.33 Å². The molecule has 2 saturated heterocycles. The molecule has 1 amide bonds. The second-order valence-corrected chi connectivity index (χ2v) is 9.66. The summed E-state index contributed by atoms with van der Waals surface area (Å²) >= 11 is 12.6. The number of ether oxygens (including phenoxy) is 3. The highest BCUT2D eigenvalue weighted by atomic mass is 35.5. The summed E-state index contributed by atoms with van der Waals surface area (Å²) in [5.74, 6) is -0.280. The molecule has 36 heavy (non-hydrogen) atoms. The van der Waals surface area contributed by atoms with Crippen LogP contribution in [0.4, 0.5) is 5.69 Å². The first-order valence-corrected chi connectivity index (χ1v) is 12.5. The van der Waals surface area contributed by atoms with Gasteiger partial charge in [-0.05, 0) is 36.4 Å². The highest BCUT2D eigenvalue weighted by Gasteiger charge is 2.45. The first kappa shape index (κ1) is 24.8. The van der Waals surface area contributed by atoms with Gasteiger partial charge in [0.2, 0.25) is 11.7 Å². The van der Waals surface area contributed by atoms with Crippen molar-refractivity contribution in [2.45, 2.75) is 25.4 Å². The average molecular weight is 532 g/mol. The van der Waals surface area contributed by atoms with Crippen LogP contribution in [0.5, 0.6) is 5.75 Å². The predicted molar refractivity (Wildman–Crippen MR) is 135 cm³/mol. The number of carbonyl (C=O) groups excluding carboxylic acids is 1. The molecule has 1 unspecified atom stereocenters. The molecule has 9 nitrogen and oxygen atoms in total. The number of rotatable bonds is 7. The smallest absolute Gasteiger partial charge is 0.219 e. The van der Waals surface area contributed by atoms with Crippen LogP contribution in [-0.4, -0.2) is 71.1 Å². The van der Waals surface area contributed by atoms with Gasteiger partial charge in [-0.2, -0.15) is 5.10 Å². The summed E-state index contributed by atoms with van der Waals surface area (Å²) in [6.45, 7) is 5.62. The molecule has 0 bridgehead atoms. The third-order valence-electron chi connectivity index (χ3n) is 6.40. The van der Waals surface area contributed by atoms with E-state index >= 15 is 0 Å². The van der Waals surface area contributed by atoms with Crippen LogP contribution in [0.3, 0.4) is 0 Å². The van der Waals surface area contributed by atoms with Gasteiger partial charge in [0.15, 0.2) is 0 Å². The second kappa shape index (κ2) is 10.6. The Morgan fingerprint density at radius 2 is 1.92 bits per heavy atom. The molecular weight excluding hydrogens is 505 g/mol. The first-order valence-electron chi connectivity index (χ1n) is 11.7. The topological polar surface area (TPSA) is 82.0 Å². The molecule has 3 aromatic rings. The summed E-state index contributed by atoms with van der Waals surface area (Å²) in [4.78, 5) is 19.7. The Kier molecular flexibility index (Phi) is 7.34. The number of carbonyl (C=O) groups is 1. The highest BCUT2D eigenvalue weighted by Crippen LogP contribution is 2.40. The van der Waals surface area contributed by atoms with Gasteiger partial charge in [0.05, 0.1) is 11.6 Å². The van der Waals surface area contributed by atoms with Crippen molar-refractivity contribution >= 4 is 34.8 Å². The zero-order chi connectivity index (χ0) is 25.1. The van der Waals surface area contributed by atoms with Gasteiger partial charge in [0, 0.05) is 49.4 Å². The number of halogens is 2. The summed E-state index contributed by atoms with van der Waals surface area (Å²) in [6, 6.07) is 13.2. The summed E-state index contributed by atoms with van der Waals surface area (Å²) < 4.78 is 20.3. The number of hydrogen-bond donors (Lipinski definition) is 0. The molecule has 0 spiro atoms. The van der Waals surface area contributed by atoms with Crippen LogP contribution in [0.2, 0.25) is 10.0 Å². The maximum Gasteiger partial charge on any atom is 0.219 e. The van der Waals surface area contributed by atoms with Gasteiger partial charge in [-0.1, -0.05) is 29.3 Å². The lowest BCUT2D eigenvalue weighted by molar-refractivity contribution is -0.190. The van der Waals surface area contributed by atoms with Crippen molar-refractivity contribution in [2.24, 2.45) is 0 Å². The van der Waals surface area contributed by atoms with E-state index < -0.39 is 5.79 Å². The molecule has 3 heterocycles. The molecule has 2 fully saturated rings. The van der Waals surface area contributed by atoms with Crippen LogP contribution in [0, 0.1) is 0 Å². The molecule has 2 aliphatic heterocycles. The van der Waals surface area contributed by atoms with Crippen molar-refractivity contribution in [1.29, 1.82) is 0 Å². The molecule has 1 aromatic heterocycles. The Morgan fingerprint density at radius 3 is 2.58 bits per heavy atom. The fourth-order valence-electron chi connectivity index (χ4n) is 4.50. The maximum atomic E-state index is 11.6. The van der Waals surface area contributed by atoms with E-state index in [1.54, 1.807) is 36.1 Å². The molecule has 2 aromatic carbocycles. The lowest BCUT2D eigenvalue weighted by Gasteiger charge is -2.35. The molecule has 0 aliphatic carbocycles. The Balaban J connectivity index is 1.22. The van der Waals surface area contributed by atoms with Crippen molar-refractivity contribution in [3.8, 4) is 5.75 Å². The Hall–Kier alpha value is -2.85. The van der Waals surface area contributed by atoms with E-state index in [-0.39, 0.29) is 18.6 Å². The summed E-state index contributed by atoms with van der Waals surface area (Å²) in [5.41, 5.74) is 1.77. The van der Waals surface area contributed by atoms with Gasteiger partial charge in [0.25, 0.3) is 0 Å². The standard InChI is InChI=1S/C25H27Cl2N5O4/c1-18(33)30-8-10-31(11-9-30)20-3-5-21(6-4-20)34-13-22-14-35-25(36-22,15-32-17-28-16-29-32)23-7-2-19(26)12-24(23)27/h2-7,12,16-17,22H,8-11,13-15H2,1H3/t22-,25?/m1/s1. The summed E-state index contributed by atoms with van der Waals surface area (Å²) in [7, 11) is 0. The van der Waals surface area contributed by atoms with Gasteiger partial charge >= 0.3 is 0 Å². The van der Waals surface area contributed by atoms with Crippen LogP contribution in [0.1, 0.15) is 12.5 Å². The van der Waals surface area contributed by atoms with Crippen LogP contribution in [0.25, 0.3) is 0 Å². The third kappa shape index (κ3) is 5.44. The van der Waals surface area contributed by atoms with Gasteiger partial charge in [0.1, 0.15) is 37.7 Å². The van der Waals surface area contributed by atoms with Crippen molar-refractivity contribution in [2.75, 3.05) is 44.3 Å². The molecule has 2 atom stereocenters. The van der Waals surface area contributed by atoms with Crippen molar-refractivity contribution in [1.82, 2.24) is 19.7 Å². The van der Waals surface area contributed by atoms with E-state index in [0.717, 1.165) is 37.6 Å². The molecule has 11 heteroatoms. The van der Waals surface area contributed by atoms with E-state index in [2.05, 4.69) is 15.0 Å². The normalized spacial score (nSPS) is 22.1. The van der Waals surface area contributed by atoms with Crippen LogP contribution in [0.15, 0.2) is 55.1 Å². The average Bonchev–Trinajstić information content (AvgIpc) is 3.54. The predicted octanol–water partition coefficient (Wildman–Crippen LogP) is 3.60. The molecule has 0 saturated carbocycles. The minimum absolute atomic E-state index is 0.125. The minimum Gasteiger partial charge on any atom is -0.491 e. The van der Waals surface area contributed by atoms with Crippen molar-refractivity contribution in [3.63, 3.8) is 0 Å². The number of piperazine rings is 1. The van der Waals surface area contributed by atoms with Gasteiger partial charge in [-0.15, -0.1) is 0 Å². The largest absolute Gasteiger partial charge is 0.491 e. The van der Waals surface area contributed by atoms with Gasteiger partial charge in [-0.3, -0.25) is 4.79 Å². The van der Waals surface area contributed by atoms with E-state index in [4.69, 9.17) is 37.4 Å². The summed E-state index contributed by atoms with van der Waals surface area (Å²) in [6.07, 6.45) is 2.74. The number of nitrogens with zero attached hydrogens (tertiary/aromatic N) is 5. The first-order chi connectivity index (χ1) is 17.4. The molecule has 2 aliphatic rings. The second-order valence-electron chi connectivity index (χ2n) is 8.82. The zero-order valence-electron chi connectivity index (χ0n) is 19.8. The lowest BCUT2D eigenvalue weighted by Crippen LogP contribution is -2.48. The summed E-state index contributed by atoms with van der Waals surface area (Å²) in [5, 5.41) is 5.17. The van der Waals surface area contributed by atoms with E-state index in [1.807, 2.05) is 29.2 Å². The molecular formula is C25H27Cl2N5O4. The molecule has 190 valence electrons. The van der Waals surface area contributed by atoms with Crippen LogP contribution in [-0.2, 0) is 26.6 Å². The Bertz CT molecular complexity index is 1190. The third-order valence-corrected chi connectivity index (χ3v) is 6.95.